The van der Waals surface area contributed by atoms with Crippen LogP contribution in [-0.2, 0) is 4.79 Å². The number of nitriles is 1. The van der Waals surface area contributed by atoms with Crippen LogP contribution in [0.4, 0.5) is 5.69 Å². The molecule has 0 saturated carbocycles. The molecule has 0 spiro atoms. The zero-order valence-corrected chi connectivity index (χ0v) is 6.69. The molecule has 0 aliphatic rings. The van der Waals surface area contributed by atoms with Crippen molar-refractivity contribution in [1.29, 1.82) is 5.26 Å². The van der Waals surface area contributed by atoms with Gasteiger partial charge in [-0.25, -0.2) is 0 Å². The topological polar surface area (TPSA) is 44.1 Å². The number of anilines is 1. The first-order chi connectivity index (χ1) is 5.77. The average Bonchev–Trinajstić information content (AvgIpc) is 2.17. The molecule has 0 radical (unpaired) electrons. The van der Waals surface area contributed by atoms with Crippen molar-refractivity contribution in [3.63, 3.8) is 0 Å². The third-order valence-electron chi connectivity index (χ3n) is 1.56. The van der Waals surface area contributed by atoms with Gasteiger partial charge >= 0.3 is 0 Å². The zero-order chi connectivity index (χ0) is 8.97. The summed E-state index contributed by atoms with van der Waals surface area (Å²) in [4.78, 5) is 11.8. The maximum absolute atomic E-state index is 10.3. The smallest absolute Gasteiger partial charge is 0.213 e. The van der Waals surface area contributed by atoms with E-state index < -0.39 is 0 Å². The van der Waals surface area contributed by atoms with E-state index in [9.17, 15) is 4.79 Å². The highest BCUT2D eigenvalue weighted by Gasteiger charge is 1.96. The fraction of sp³-hybridized carbons (Fsp3) is 0.111. The molecule has 0 aromatic heterocycles. The van der Waals surface area contributed by atoms with Crippen LogP contribution in [-0.4, -0.2) is 13.5 Å². The maximum Gasteiger partial charge on any atom is 0.213 e. The first-order valence-corrected chi connectivity index (χ1v) is 3.46. The molecule has 0 saturated heterocycles. The molecule has 3 heteroatoms. The highest BCUT2D eigenvalue weighted by Crippen LogP contribution is 2.11. The van der Waals surface area contributed by atoms with Crippen LogP contribution in [0.2, 0.25) is 0 Å². The standard InChI is InChI=1S/C9H8N2O/c1-11(7-12)9-4-2-8(6-10)3-5-9/h2-5,7H,1H3. The molecule has 0 unspecified atom stereocenters. The predicted molar refractivity (Wildman–Crippen MR) is 45.6 cm³/mol. The molecule has 12 heavy (non-hydrogen) atoms. The van der Waals surface area contributed by atoms with Gasteiger partial charge in [0.2, 0.25) is 6.41 Å². The highest BCUT2D eigenvalue weighted by atomic mass is 16.1. The number of rotatable bonds is 2. The van der Waals surface area contributed by atoms with Crippen molar-refractivity contribution < 1.29 is 4.79 Å². The Hall–Kier alpha value is -1.82. The van der Waals surface area contributed by atoms with Crippen LogP contribution >= 0.6 is 0 Å². The van der Waals surface area contributed by atoms with Gasteiger partial charge in [-0.2, -0.15) is 5.26 Å². The van der Waals surface area contributed by atoms with E-state index >= 15 is 0 Å². The second kappa shape index (κ2) is 3.54. The van der Waals surface area contributed by atoms with Crippen molar-refractivity contribution >= 4 is 12.1 Å². The minimum atomic E-state index is 0.595. The Morgan fingerprint density at radius 3 is 2.42 bits per heavy atom. The van der Waals surface area contributed by atoms with Gasteiger partial charge in [-0.05, 0) is 24.3 Å². The van der Waals surface area contributed by atoms with E-state index in [0.29, 0.717) is 5.56 Å². The minimum Gasteiger partial charge on any atom is -0.318 e. The summed E-state index contributed by atoms with van der Waals surface area (Å²) < 4.78 is 0. The Kier molecular flexibility index (Phi) is 2.44. The van der Waals surface area contributed by atoms with Crippen molar-refractivity contribution in [3.05, 3.63) is 29.8 Å². The van der Waals surface area contributed by atoms with Crippen LogP contribution in [0.5, 0.6) is 0 Å². The van der Waals surface area contributed by atoms with E-state index in [-0.39, 0.29) is 0 Å². The lowest BCUT2D eigenvalue weighted by Gasteiger charge is -2.09. The molecule has 0 aliphatic carbocycles. The fourth-order valence-electron chi connectivity index (χ4n) is 0.832. The van der Waals surface area contributed by atoms with Gasteiger partial charge < -0.3 is 4.90 Å². The predicted octanol–water partition coefficient (Wildman–Crippen LogP) is 1.15. The van der Waals surface area contributed by atoms with Gasteiger partial charge in [0.1, 0.15) is 0 Å². The van der Waals surface area contributed by atoms with Crippen LogP contribution in [0.3, 0.4) is 0 Å². The number of hydrogen-bond donors (Lipinski definition) is 0. The molecule has 0 bridgehead atoms. The summed E-state index contributed by atoms with van der Waals surface area (Å²) in [5, 5.41) is 8.49. The number of hydrogen-bond acceptors (Lipinski definition) is 2. The van der Waals surface area contributed by atoms with E-state index in [1.165, 1.54) is 4.90 Å². The summed E-state index contributed by atoms with van der Waals surface area (Å²) in [7, 11) is 1.66. The maximum atomic E-state index is 10.3. The minimum absolute atomic E-state index is 0.595. The molecule has 0 atom stereocenters. The number of nitrogens with zero attached hydrogens (tertiary/aromatic N) is 2. The largest absolute Gasteiger partial charge is 0.318 e. The van der Waals surface area contributed by atoms with E-state index in [4.69, 9.17) is 5.26 Å². The second-order valence-corrected chi connectivity index (χ2v) is 2.37. The summed E-state index contributed by atoms with van der Waals surface area (Å²) in [6.45, 7) is 0. The number of benzene rings is 1. The van der Waals surface area contributed by atoms with Gasteiger partial charge in [-0.3, -0.25) is 4.79 Å². The first-order valence-electron chi connectivity index (χ1n) is 3.46. The van der Waals surface area contributed by atoms with Gasteiger partial charge in [0.15, 0.2) is 0 Å². The molecule has 0 aliphatic heterocycles. The lowest BCUT2D eigenvalue weighted by Crippen LogP contribution is -2.13. The van der Waals surface area contributed by atoms with Crippen molar-refractivity contribution in [3.8, 4) is 6.07 Å². The molecule has 0 heterocycles. The van der Waals surface area contributed by atoms with Gasteiger partial charge in [-0.1, -0.05) is 0 Å². The van der Waals surface area contributed by atoms with E-state index in [1.807, 2.05) is 6.07 Å². The summed E-state index contributed by atoms with van der Waals surface area (Å²) in [6.07, 6.45) is 0.724. The molecule has 1 aromatic carbocycles. The van der Waals surface area contributed by atoms with Crippen LogP contribution in [0, 0.1) is 11.3 Å². The van der Waals surface area contributed by atoms with Gasteiger partial charge in [-0.15, -0.1) is 0 Å². The Morgan fingerprint density at radius 2 is 2.00 bits per heavy atom. The lowest BCUT2D eigenvalue weighted by atomic mass is 10.2. The molecule has 0 N–H and O–H groups in total. The Bertz CT molecular complexity index is 310. The van der Waals surface area contributed by atoms with Crippen molar-refractivity contribution in [2.24, 2.45) is 0 Å². The zero-order valence-electron chi connectivity index (χ0n) is 6.69. The molecule has 0 fully saturated rings. The summed E-state index contributed by atoms with van der Waals surface area (Å²) in [5.41, 5.74) is 1.38. The third kappa shape index (κ3) is 1.61. The molecule has 3 nitrogen and oxygen atoms in total. The summed E-state index contributed by atoms with van der Waals surface area (Å²) >= 11 is 0. The molecule has 1 amide bonds. The molecular formula is C9H8N2O. The third-order valence-corrected chi connectivity index (χ3v) is 1.56. The van der Waals surface area contributed by atoms with Crippen molar-refractivity contribution in [1.82, 2.24) is 0 Å². The monoisotopic (exact) mass is 160 g/mol. The fourth-order valence-corrected chi connectivity index (χ4v) is 0.832. The number of amides is 1. The molecule has 60 valence electrons. The summed E-state index contributed by atoms with van der Waals surface area (Å²) in [5.74, 6) is 0. The molecule has 1 rings (SSSR count). The molecular weight excluding hydrogens is 152 g/mol. The normalized spacial score (nSPS) is 8.67. The van der Waals surface area contributed by atoms with E-state index in [1.54, 1.807) is 31.3 Å². The van der Waals surface area contributed by atoms with Gasteiger partial charge in [0.25, 0.3) is 0 Å². The highest BCUT2D eigenvalue weighted by molar-refractivity contribution is 5.74. The SMILES string of the molecule is CN(C=O)c1ccc(C#N)cc1. The number of carbonyl (C=O) groups excluding carboxylic acids is 1. The number of carbonyl (C=O) groups is 1. The quantitative estimate of drug-likeness (QED) is 0.609. The first kappa shape index (κ1) is 8.28. The Labute approximate surface area is 70.8 Å². The van der Waals surface area contributed by atoms with Crippen LogP contribution < -0.4 is 4.90 Å². The van der Waals surface area contributed by atoms with Crippen LogP contribution in [0.15, 0.2) is 24.3 Å². The Morgan fingerprint density at radius 1 is 1.42 bits per heavy atom. The van der Waals surface area contributed by atoms with Crippen molar-refractivity contribution in [2.45, 2.75) is 0 Å². The average molecular weight is 160 g/mol. The molecule has 1 aromatic rings. The lowest BCUT2D eigenvalue weighted by molar-refractivity contribution is -0.107. The van der Waals surface area contributed by atoms with Gasteiger partial charge in [0, 0.05) is 12.7 Å². The second-order valence-electron chi connectivity index (χ2n) is 2.37. The van der Waals surface area contributed by atoms with Crippen LogP contribution in [0.25, 0.3) is 0 Å². The Balaban J connectivity index is 2.93. The summed E-state index contributed by atoms with van der Waals surface area (Å²) in [6, 6.07) is 8.81. The van der Waals surface area contributed by atoms with E-state index in [2.05, 4.69) is 0 Å². The van der Waals surface area contributed by atoms with Crippen molar-refractivity contribution in [2.75, 3.05) is 11.9 Å². The van der Waals surface area contributed by atoms with E-state index in [0.717, 1.165) is 12.1 Å². The van der Waals surface area contributed by atoms with Crippen LogP contribution in [0.1, 0.15) is 5.56 Å². The van der Waals surface area contributed by atoms with Gasteiger partial charge in [0.05, 0.1) is 11.6 Å².